The average molecular weight is 375 g/mol. The Morgan fingerprint density at radius 1 is 1.46 bits per heavy atom. The Balaban J connectivity index is 1.99. The van der Waals surface area contributed by atoms with Crippen LogP contribution in [0.1, 0.15) is 45.9 Å². The third-order valence-electron chi connectivity index (χ3n) is 4.28. The van der Waals surface area contributed by atoms with Crippen LogP contribution in [0.25, 0.3) is 0 Å². The van der Waals surface area contributed by atoms with Gasteiger partial charge < -0.3 is 4.90 Å². The summed E-state index contributed by atoms with van der Waals surface area (Å²) in [4.78, 5) is 18.8. The highest BCUT2D eigenvalue weighted by atomic mass is 32.2. The molecule has 0 radical (unpaired) electrons. The van der Waals surface area contributed by atoms with Crippen LogP contribution in [0.15, 0.2) is 5.16 Å². The van der Waals surface area contributed by atoms with Gasteiger partial charge in [0.15, 0.2) is 9.84 Å². The number of rotatable bonds is 8. The van der Waals surface area contributed by atoms with E-state index in [0.29, 0.717) is 11.6 Å². The second-order valence-electron chi connectivity index (χ2n) is 6.22. The summed E-state index contributed by atoms with van der Waals surface area (Å²) in [6.07, 6.45) is 3.15. The van der Waals surface area contributed by atoms with E-state index in [-0.39, 0.29) is 35.2 Å². The normalized spacial score (nSPS) is 20.9. The summed E-state index contributed by atoms with van der Waals surface area (Å²) in [7, 11) is -3.02. The van der Waals surface area contributed by atoms with Gasteiger partial charge in [0, 0.05) is 18.5 Å². The summed E-state index contributed by atoms with van der Waals surface area (Å²) in [6.45, 7) is 6.05. The van der Waals surface area contributed by atoms with Gasteiger partial charge in [0.25, 0.3) is 0 Å². The van der Waals surface area contributed by atoms with Crippen LogP contribution in [0.2, 0.25) is 0 Å². The number of aromatic nitrogens is 3. The minimum Gasteiger partial charge on any atom is -0.335 e. The lowest BCUT2D eigenvalue weighted by molar-refractivity contribution is -0.132. The molecule has 1 aliphatic rings. The van der Waals surface area contributed by atoms with Gasteiger partial charge in [-0.3, -0.25) is 9.89 Å². The van der Waals surface area contributed by atoms with Crippen LogP contribution in [0.3, 0.4) is 0 Å². The number of H-pyrrole nitrogens is 1. The summed E-state index contributed by atoms with van der Waals surface area (Å²) in [5.41, 5.74) is 0. The second kappa shape index (κ2) is 8.33. The number of carbonyl (C=O) groups is 1. The Labute approximate surface area is 147 Å². The lowest BCUT2D eigenvalue weighted by Gasteiger charge is -2.33. The molecule has 24 heavy (non-hydrogen) atoms. The zero-order chi connectivity index (χ0) is 17.7. The molecule has 1 saturated heterocycles. The van der Waals surface area contributed by atoms with Gasteiger partial charge in [-0.05, 0) is 26.2 Å². The molecule has 0 saturated carbocycles. The van der Waals surface area contributed by atoms with Crippen molar-refractivity contribution in [2.45, 2.75) is 63.7 Å². The number of amides is 1. The molecule has 1 N–H and O–H groups in total. The van der Waals surface area contributed by atoms with Crippen LogP contribution in [0, 0.1) is 0 Å². The first-order valence-electron chi connectivity index (χ1n) is 8.42. The van der Waals surface area contributed by atoms with Gasteiger partial charge in [-0.15, -0.1) is 5.10 Å². The predicted octanol–water partition coefficient (Wildman–Crippen LogP) is 1.66. The molecule has 1 aromatic rings. The Kier molecular flexibility index (Phi) is 6.68. The van der Waals surface area contributed by atoms with Gasteiger partial charge >= 0.3 is 0 Å². The van der Waals surface area contributed by atoms with E-state index in [9.17, 15) is 13.2 Å². The molecule has 0 bridgehead atoms. The van der Waals surface area contributed by atoms with E-state index in [1.165, 1.54) is 11.8 Å². The molecule has 0 aliphatic carbocycles. The molecule has 136 valence electrons. The van der Waals surface area contributed by atoms with Gasteiger partial charge in [-0.2, -0.15) is 0 Å². The zero-order valence-corrected chi connectivity index (χ0v) is 16.1. The Morgan fingerprint density at radius 2 is 2.21 bits per heavy atom. The highest BCUT2D eigenvalue weighted by Crippen LogP contribution is 2.23. The summed E-state index contributed by atoms with van der Waals surface area (Å²) in [5, 5.41) is 7.55. The first kappa shape index (κ1) is 19.2. The summed E-state index contributed by atoms with van der Waals surface area (Å²) < 4.78 is 23.5. The molecule has 9 heteroatoms. The first-order chi connectivity index (χ1) is 11.4. The topological polar surface area (TPSA) is 96.0 Å². The van der Waals surface area contributed by atoms with E-state index < -0.39 is 9.84 Å². The lowest BCUT2D eigenvalue weighted by Crippen LogP contribution is -2.47. The van der Waals surface area contributed by atoms with E-state index in [0.717, 1.165) is 25.1 Å². The molecule has 0 unspecified atom stereocenters. The number of nitrogens with zero attached hydrogens (tertiary/aromatic N) is 3. The molecular formula is C15H26N4O3S2. The molecule has 1 aromatic heterocycles. The fourth-order valence-electron chi connectivity index (χ4n) is 2.89. The predicted molar refractivity (Wildman–Crippen MR) is 94.8 cm³/mol. The van der Waals surface area contributed by atoms with Gasteiger partial charge in [0.1, 0.15) is 5.82 Å². The van der Waals surface area contributed by atoms with E-state index in [2.05, 4.69) is 22.1 Å². The van der Waals surface area contributed by atoms with Crippen molar-refractivity contribution in [2.75, 3.05) is 17.3 Å². The number of carbonyl (C=O) groups excluding carboxylic acids is 1. The molecule has 1 amide bonds. The third kappa shape index (κ3) is 4.95. The average Bonchev–Trinajstić information content (AvgIpc) is 3.12. The fourth-order valence-corrected chi connectivity index (χ4v) is 5.29. The third-order valence-corrected chi connectivity index (χ3v) is 6.86. The molecule has 0 aromatic carbocycles. The van der Waals surface area contributed by atoms with E-state index in [1.54, 1.807) is 4.90 Å². The van der Waals surface area contributed by atoms with Gasteiger partial charge in [-0.25, -0.2) is 13.4 Å². The Hall–Kier alpha value is -1.09. The number of hydrogen-bond acceptors (Lipinski definition) is 6. The molecule has 0 spiro atoms. The van der Waals surface area contributed by atoms with Crippen molar-refractivity contribution in [3.05, 3.63) is 5.82 Å². The van der Waals surface area contributed by atoms with Crippen LogP contribution in [-0.2, 0) is 21.1 Å². The van der Waals surface area contributed by atoms with E-state index in [1.807, 2.05) is 13.8 Å². The van der Waals surface area contributed by atoms with Gasteiger partial charge in [0.2, 0.25) is 11.1 Å². The minimum atomic E-state index is -3.02. The molecule has 2 heterocycles. The van der Waals surface area contributed by atoms with E-state index >= 15 is 0 Å². The largest absolute Gasteiger partial charge is 0.335 e. The molecule has 1 fully saturated rings. The monoisotopic (exact) mass is 374 g/mol. The molecule has 1 aliphatic heterocycles. The molecule has 2 rings (SSSR count). The Morgan fingerprint density at radius 3 is 2.79 bits per heavy atom. The first-order valence-corrected chi connectivity index (χ1v) is 11.2. The van der Waals surface area contributed by atoms with Crippen LogP contribution in [0.5, 0.6) is 0 Å². The number of aromatic amines is 1. The van der Waals surface area contributed by atoms with Crippen molar-refractivity contribution < 1.29 is 13.2 Å². The zero-order valence-electron chi connectivity index (χ0n) is 14.5. The quantitative estimate of drug-likeness (QED) is 0.695. The highest BCUT2D eigenvalue weighted by molar-refractivity contribution is 7.99. The maximum absolute atomic E-state index is 12.7. The second-order valence-corrected chi connectivity index (χ2v) is 9.39. The van der Waals surface area contributed by atoms with Crippen molar-refractivity contribution in [3.8, 4) is 0 Å². The van der Waals surface area contributed by atoms with Crippen LogP contribution in [-0.4, -0.2) is 63.7 Å². The summed E-state index contributed by atoms with van der Waals surface area (Å²) in [5.74, 6) is 1.26. The smallest absolute Gasteiger partial charge is 0.233 e. The molecular weight excluding hydrogens is 348 g/mol. The van der Waals surface area contributed by atoms with E-state index in [4.69, 9.17) is 0 Å². The highest BCUT2D eigenvalue weighted by Gasteiger charge is 2.36. The summed E-state index contributed by atoms with van der Waals surface area (Å²) >= 11 is 1.30. The maximum atomic E-state index is 12.7. The van der Waals surface area contributed by atoms with Gasteiger partial charge in [0.05, 0.1) is 17.3 Å². The van der Waals surface area contributed by atoms with Crippen LogP contribution < -0.4 is 0 Å². The van der Waals surface area contributed by atoms with Crippen molar-refractivity contribution in [2.24, 2.45) is 0 Å². The number of aryl methyl sites for hydroxylation is 1. The minimum absolute atomic E-state index is 0.0270. The number of thioether (sulfide) groups is 1. The molecule has 2 atom stereocenters. The Bertz CT molecular complexity index is 659. The summed E-state index contributed by atoms with van der Waals surface area (Å²) in [6, 6.07) is -0.181. The van der Waals surface area contributed by atoms with Crippen molar-refractivity contribution >= 4 is 27.5 Å². The number of sulfone groups is 1. The van der Waals surface area contributed by atoms with Gasteiger partial charge in [-0.1, -0.05) is 25.6 Å². The number of nitrogens with one attached hydrogen (secondary N) is 1. The van der Waals surface area contributed by atoms with Crippen molar-refractivity contribution in [1.29, 1.82) is 0 Å². The fraction of sp³-hybridized carbons (Fsp3) is 0.800. The van der Waals surface area contributed by atoms with Crippen LogP contribution in [0.4, 0.5) is 0 Å². The van der Waals surface area contributed by atoms with Crippen molar-refractivity contribution in [1.82, 2.24) is 20.1 Å². The number of hydrogen-bond donors (Lipinski definition) is 1. The van der Waals surface area contributed by atoms with Crippen molar-refractivity contribution in [3.63, 3.8) is 0 Å². The SMILES string of the molecule is CCCc1nc(SCC(=O)N([C@H]2CCS(=O)(=O)C2)[C@@H](C)CC)n[nH]1. The molecule has 7 nitrogen and oxygen atoms in total. The van der Waals surface area contributed by atoms with Crippen LogP contribution >= 0.6 is 11.8 Å². The standard InChI is InChI=1S/C15H26N4O3S2/c1-4-6-13-16-15(18-17-13)23-9-14(20)19(11(3)5-2)12-7-8-24(21,22)10-12/h11-12H,4-10H2,1-3H3,(H,16,17,18)/t11-,12-/m0/s1. The maximum Gasteiger partial charge on any atom is 0.233 e. The lowest BCUT2D eigenvalue weighted by atomic mass is 10.1.